The Morgan fingerprint density at radius 3 is 2.15 bits per heavy atom. The monoisotopic (exact) mass is 200 g/mol. The molecule has 0 aromatic heterocycles. The Labute approximate surface area is 78.5 Å². The Kier molecular flexibility index (Phi) is 4.37. The fourth-order valence-corrected chi connectivity index (χ4v) is 1.36. The molecule has 4 heteroatoms. The minimum atomic E-state index is -4.03. The van der Waals surface area contributed by atoms with Crippen molar-refractivity contribution >= 4 is 10.1 Å². The van der Waals surface area contributed by atoms with Gasteiger partial charge in [-0.2, -0.15) is 8.42 Å². The maximum atomic E-state index is 10.5. The lowest BCUT2D eigenvalue weighted by molar-refractivity contribution is 0.483. The Hall–Kier alpha value is -1.13. The van der Waals surface area contributed by atoms with E-state index in [9.17, 15) is 8.42 Å². The second-order valence-corrected chi connectivity index (χ2v) is 3.71. The van der Waals surface area contributed by atoms with E-state index >= 15 is 0 Å². The zero-order chi connectivity index (χ0) is 10.5. The predicted molar refractivity (Wildman–Crippen MR) is 52.2 cm³/mol. The highest BCUT2D eigenvalue weighted by Crippen LogP contribution is 2.09. The Bertz CT molecular complexity index is 368. The molecule has 72 valence electrons. The topological polar surface area (TPSA) is 54.4 Å². The van der Waals surface area contributed by atoms with Crippen LogP contribution in [0.4, 0.5) is 0 Å². The molecule has 0 radical (unpaired) electrons. The molecular weight excluding hydrogens is 188 g/mol. The van der Waals surface area contributed by atoms with Crippen LogP contribution in [0.25, 0.3) is 0 Å². The number of hydrogen-bond acceptors (Lipinski definition) is 2. The van der Waals surface area contributed by atoms with Crippen LogP contribution in [0.2, 0.25) is 0 Å². The van der Waals surface area contributed by atoms with Gasteiger partial charge in [-0.1, -0.05) is 12.1 Å². The summed E-state index contributed by atoms with van der Waals surface area (Å²) in [5.41, 5.74) is 0.806. The number of rotatable bonds is 1. The molecule has 0 heterocycles. The summed E-state index contributed by atoms with van der Waals surface area (Å²) < 4.78 is 29.7. The summed E-state index contributed by atoms with van der Waals surface area (Å²) in [6.45, 7) is 7.76. The SMILES string of the molecule is C=C.Cc1cccc(S(=O)(=O)O)c1. The molecule has 1 aromatic carbocycles. The molecule has 0 saturated carbocycles. The zero-order valence-electron chi connectivity index (χ0n) is 7.40. The van der Waals surface area contributed by atoms with Crippen molar-refractivity contribution in [2.45, 2.75) is 11.8 Å². The molecule has 0 aliphatic rings. The van der Waals surface area contributed by atoms with Gasteiger partial charge in [0, 0.05) is 0 Å². The quantitative estimate of drug-likeness (QED) is 0.557. The summed E-state index contributed by atoms with van der Waals surface area (Å²) in [6.07, 6.45) is 0. The molecule has 3 nitrogen and oxygen atoms in total. The maximum absolute atomic E-state index is 10.5. The fourth-order valence-electron chi connectivity index (χ4n) is 0.776. The van der Waals surface area contributed by atoms with Gasteiger partial charge in [0.15, 0.2) is 0 Å². The number of aryl methyl sites for hydroxylation is 1. The summed E-state index contributed by atoms with van der Waals surface area (Å²) in [6, 6.07) is 6.10. The van der Waals surface area contributed by atoms with Crippen molar-refractivity contribution in [1.82, 2.24) is 0 Å². The summed E-state index contributed by atoms with van der Waals surface area (Å²) in [7, 11) is -4.03. The van der Waals surface area contributed by atoms with Crippen molar-refractivity contribution in [3.05, 3.63) is 43.0 Å². The highest BCUT2D eigenvalue weighted by atomic mass is 32.2. The van der Waals surface area contributed by atoms with Crippen LogP contribution in [0.3, 0.4) is 0 Å². The van der Waals surface area contributed by atoms with Crippen LogP contribution >= 0.6 is 0 Å². The van der Waals surface area contributed by atoms with Crippen LogP contribution in [-0.4, -0.2) is 13.0 Å². The normalized spacial score (nSPS) is 10.0. The van der Waals surface area contributed by atoms with Gasteiger partial charge in [-0.15, -0.1) is 13.2 Å². The molecule has 13 heavy (non-hydrogen) atoms. The summed E-state index contributed by atoms with van der Waals surface area (Å²) in [4.78, 5) is -0.0579. The van der Waals surface area contributed by atoms with Crippen molar-refractivity contribution in [3.8, 4) is 0 Å². The van der Waals surface area contributed by atoms with E-state index < -0.39 is 10.1 Å². The molecule has 1 rings (SSSR count). The van der Waals surface area contributed by atoms with Gasteiger partial charge in [0.25, 0.3) is 10.1 Å². The first kappa shape index (κ1) is 11.9. The van der Waals surface area contributed by atoms with Gasteiger partial charge in [0.1, 0.15) is 0 Å². The molecule has 0 atom stereocenters. The number of benzene rings is 1. The minimum Gasteiger partial charge on any atom is -0.282 e. The third-order valence-electron chi connectivity index (χ3n) is 1.29. The van der Waals surface area contributed by atoms with Gasteiger partial charge >= 0.3 is 0 Å². The van der Waals surface area contributed by atoms with E-state index in [0.717, 1.165) is 5.56 Å². The largest absolute Gasteiger partial charge is 0.294 e. The van der Waals surface area contributed by atoms with E-state index in [-0.39, 0.29) is 4.90 Å². The van der Waals surface area contributed by atoms with Crippen molar-refractivity contribution in [3.63, 3.8) is 0 Å². The first-order valence-electron chi connectivity index (χ1n) is 3.54. The van der Waals surface area contributed by atoms with Crippen molar-refractivity contribution in [2.75, 3.05) is 0 Å². The summed E-state index contributed by atoms with van der Waals surface area (Å²) >= 11 is 0. The van der Waals surface area contributed by atoms with Crippen LogP contribution < -0.4 is 0 Å². The lowest BCUT2D eigenvalue weighted by Gasteiger charge is -1.96. The first-order valence-corrected chi connectivity index (χ1v) is 4.98. The third kappa shape index (κ3) is 3.87. The zero-order valence-corrected chi connectivity index (χ0v) is 8.21. The fraction of sp³-hybridized carbons (Fsp3) is 0.111. The average Bonchev–Trinajstić information content (AvgIpc) is 2.06. The molecule has 0 aliphatic carbocycles. The van der Waals surface area contributed by atoms with Crippen molar-refractivity contribution in [1.29, 1.82) is 0 Å². The molecule has 1 N–H and O–H groups in total. The van der Waals surface area contributed by atoms with E-state index in [1.807, 2.05) is 0 Å². The predicted octanol–water partition coefficient (Wildman–Crippen LogP) is 2.04. The maximum Gasteiger partial charge on any atom is 0.294 e. The molecule has 0 fully saturated rings. The molecule has 0 saturated heterocycles. The second-order valence-electron chi connectivity index (χ2n) is 2.29. The lowest BCUT2D eigenvalue weighted by Crippen LogP contribution is -1.97. The van der Waals surface area contributed by atoms with Crippen LogP contribution in [0, 0.1) is 6.92 Å². The van der Waals surface area contributed by atoms with Gasteiger partial charge in [0.05, 0.1) is 4.90 Å². The lowest BCUT2D eigenvalue weighted by atomic mass is 10.2. The van der Waals surface area contributed by atoms with Crippen LogP contribution in [0.1, 0.15) is 5.56 Å². The summed E-state index contributed by atoms with van der Waals surface area (Å²) in [5, 5.41) is 0. The van der Waals surface area contributed by atoms with E-state index in [1.165, 1.54) is 12.1 Å². The minimum absolute atomic E-state index is 0.0579. The van der Waals surface area contributed by atoms with Gasteiger partial charge < -0.3 is 0 Å². The van der Waals surface area contributed by atoms with E-state index in [1.54, 1.807) is 19.1 Å². The van der Waals surface area contributed by atoms with Crippen molar-refractivity contribution in [2.24, 2.45) is 0 Å². The Morgan fingerprint density at radius 1 is 1.31 bits per heavy atom. The Balaban J connectivity index is 0.000000671. The van der Waals surface area contributed by atoms with Gasteiger partial charge in [-0.05, 0) is 24.6 Å². The van der Waals surface area contributed by atoms with Crippen LogP contribution in [0.15, 0.2) is 42.3 Å². The van der Waals surface area contributed by atoms with E-state index in [2.05, 4.69) is 13.2 Å². The van der Waals surface area contributed by atoms with Crippen molar-refractivity contribution < 1.29 is 13.0 Å². The smallest absolute Gasteiger partial charge is 0.282 e. The standard InChI is InChI=1S/C7H8O3S.C2H4/c1-6-3-2-4-7(5-6)11(8,9)10;1-2/h2-5H,1H3,(H,8,9,10);1-2H2. The first-order chi connectivity index (χ1) is 6.00. The Morgan fingerprint density at radius 2 is 1.85 bits per heavy atom. The third-order valence-corrected chi connectivity index (χ3v) is 2.14. The van der Waals surface area contributed by atoms with Gasteiger partial charge in [0.2, 0.25) is 0 Å². The highest BCUT2D eigenvalue weighted by molar-refractivity contribution is 7.85. The van der Waals surface area contributed by atoms with Crippen LogP contribution in [-0.2, 0) is 10.1 Å². The molecule has 0 aliphatic heterocycles. The molecule has 0 spiro atoms. The number of hydrogen-bond donors (Lipinski definition) is 1. The van der Waals surface area contributed by atoms with E-state index in [0.29, 0.717) is 0 Å². The van der Waals surface area contributed by atoms with Gasteiger partial charge in [-0.3, -0.25) is 4.55 Å². The average molecular weight is 200 g/mol. The van der Waals surface area contributed by atoms with E-state index in [4.69, 9.17) is 4.55 Å². The molecule has 0 amide bonds. The second kappa shape index (κ2) is 4.79. The molecular formula is C9H12O3S. The molecule has 1 aromatic rings. The van der Waals surface area contributed by atoms with Gasteiger partial charge in [-0.25, -0.2) is 0 Å². The highest BCUT2D eigenvalue weighted by Gasteiger charge is 2.07. The molecule has 0 unspecified atom stereocenters. The summed E-state index contributed by atoms with van der Waals surface area (Å²) in [5.74, 6) is 0. The van der Waals surface area contributed by atoms with Crippen LogP contribution in [0.5, 0.6) is 0 Å². The molecule has 0 bridgehead atoms.